The molecule has 27 valence electrons. The SMILES string of the molecule is [B].[CH2-]C.[U].[W]. The minimum atomic E-state index is 0. The maximum Gasteiger partial charge on any atom is 0 e. The minimum Gasteiger partial charge on any atom is -0.346 e. The molecule has 0 unspecified atom stereocenters. The van der Waals surface area contributed by atoms with E-state index in [1.54, 1.807) is 6.92 Å². The maximum absolute atomic E-state index is 3.25. The molecule has 0 aromatic carbocycles. The first-order chi connectivity index (χ1) is 1.00. The molecule has 0 saturated carbocycles. The van der Waals surface area contributed by atoms with Crippen LogP contribution >= 0.6 is 0 Å². The van der Waals surface area contributed by atoms with Gasteiger partial charge in [0.25, 0.3) is 0 Å². The van der Waals surface area contributed by atoms with Crippen molar-refractivity contribution < 1.29 is 52.2 Å². The topological polar surface area (TPSA) is 0 Å². The van der Waals surface area contributed by atoms with Crippen LogP contribution in [0.1, 0.15) is 6.92 Å². The molecule has 0 spiro atoms. The van der Waals surface area contributed by atoms with Crippen molar-refractivity contribution in [2.75, 3.05) is 0 Å². The van der Waals surface area contributed by atoms with Gasteiger partial charge in [-0.1, -0.05) is 0 Å². The van der Waals surface area contributed by atoms with E-state index in [-0.39, 0.29) is 60.6 Å². The van der Waals surface area contributed by atoms with Crippen LogP contribution in [-0.2, 0) is 21.1 Å². The van der Waals surface area contributed by atoms with E-state index in [0.717, 1.165) is 0 Å². The first kappa shape index (κ1) is 29.1. The molecule has 0 fully saturated rings. The summed E-state index contributed by atoms with van der Waals surface area (Å²) in [6.07, 6.45) is 0. The van der Waals surface area contributed by atoms with Gasteiger partial charge in [0.15, 0.2) is 0 Å². The smallest absolute Gasteiger partial charge is 0 e. The van der Waals surface area contributed by atoms with Crippen molar-refractivity contribution in [1.29, 1.82) is 0 Å². The molecule has 0 nitrogen and oxygen atoms in total. The Morgan fingerprint density at radius 3 is 1.20 bits per heavy atom. The Bertz CT molecular complexity index is 9.61. The molecule has 3 radical (unpaired) electrons. The van der Waals surface area contributed by atoms with Gasteiger partial charge in [-0.15, -0.1) is 0 Å². The van der Waals surface area contributed by atoms with E-state index in [4.69, 9.17) is 0 Å². The van der Waals surface area contributed by atoms with E-state index >= 15 is 0 Å². The van der Waals surface area contributed by atoms with Gasteiger partial charge in [-0.3, -0.25) is 0 Å². The van der Waals surface area contributed by atoms with Crippen LogP contribution in [0.5, 0.6) is 0 Å². The van der Waals surface area contributed by atoms with Gasteiger partial charge >= 0.3 is 0 Å². The standard InChI is InChI=1S/C2H5.B.U.W/c1-2;;;/h1H2,2H3;;;/q-1;;;. The first-order valence-corrected chi connectivity index (χ1v) is 0.707. The van der Waals surface area contributed by atoms with Gasteiger partial charge in [-0.05, 0) is 0 Å². The quantitative estimate of drug-likeness (QED) is 0.363. The van der Waals surface area contributed by atoms with Crippen LogP contribution in [0.3, 0.4) is 0 Å². The van der Waals surface area contributed by atoms with Crippen molar-refractivity contribution in [1.82, 2.24) is 0 Å². The van der Waals surface area contributed by atoms with Gasteiger partial charge in [-0.2, -0.15) is 6.92 Å². The Balaban J connectivity index is -0.00000000167. The Kier molecular flexibility index (Phi) is 240. The van der Waals surface area contributed by atoms with Gasteiger partial charge in [0.05, 0.1) is 0 Å². The fourth-order valence-corrected chi connectivity index (χ4v) is 0. The zero-order valence-corrected chi connectivity index (χ0v) is 10.3. The van der Waals surface area contributed by atoms with Crippen molar-refractivity contribution in [3.8, 4) is 0 Å². The summed E-state index contributed by atoms with van der Waals surface area (Å²) < 4.78 is 0. The largest absolute Gasteiger partial charge is 0.346 e. The Morgan fingerprint density at radius 1 is 1.20 bits per heavy atom. The summed E-state index contributed by atoms with van der Waals surface area (Å²) in [6.45, 7) is 5.00. The molecule has 0 aliphatic rings. The Hall–Kier alpha value is 1.81. The molecule has 5 heavy (non-hydrogen) atoms. The minimum absolute atomic E-state index is 0. The van der Waals surface area contributed by atoms with Crippen LogP contribution in [0, 0.1) is 38.0 Å². The Morgan fingerprint density at radius 2 is 1.20 bits per heavy atom. The van der Waals surface area contributed by atoms with E-state index < -0.39 is 0 Å². The average molecular weight is 462 g/mol. The van der Waals surface area contributed by atoms with Gasteiger partial charge in [0.2, 0.25) is 0 Å². The van der Waals surface area contributed by atoms with Crippen LogP contribution < -0.4 is 0 Å². The molecular weight excluding hydrogens is 457 g/mol. The molecule has 0 aromatic rings. The summed E-state index contributed by atoms with van der Waals surface area (Å²) in [6, 6.07) is 0. The number of hydrogen-bond donors (Lipinski definition) is 0. The first-order valence-electron chi connectivity index (χ1n) is 0.707. The van der Waals surface area contributed by atoms with Crippen molar-refractivity contribution >= 4 is 8.41 Å². The normalized spacial score (nSPS) is 1.20. The molecule has 3 heteroatoms. The van der Waals surface area contributed by atoms with Crippen LogP contribution in [0.25, 0.3) is 0 Å². The third-order valence-electron chi connectivity index (χ3n) is 0. The van der Waals surface area contributed by atoms with E-state index in [1.165, 1.54) is 0 Å². The zero-order valence-electron chi connectivity index (χ0n) is 3.19. The van der Waals surface area contributed by atoms with Crippen molar-refractivity contribution in [2.24, 2.45) is 0 Å². The van der Waals surface area contributed by atoms with Crippen molar-refractivity contribution in [3.63, 3.8) is 0 Å². The van der Waals surface area contributed by atoms with Gasteiger partial charge in [0, 0.05) is 60.6 Å². The monoisotopic (exact) mass is 462 g/mol. The van der Waals surface area contributed by atoms with E-state index in [1.807, 2.05) is 0 Å². The average Bonchev–Trinajstić information content (AvgIpc) is 1.00. The second-order valence-electron chi connectivity index (χ2n) is 0. The number of rotatable bonds is 0. The molecule has 0 aromatic heterocycles. The summed E-state index contributed by atoms with van der Waals surface area (Å²) in [7, 11) is 0. The maximum atomic E-state index is 3.25. The van der Waals surface area contributed by atoms with Gasteiger partial charge in [-0.25, -0.2) is 0 Å². The fourth-order valence-electron chi connectivity index (χ4n) is 0. The number of hydrogen-bond acceptors (Lipinski definition) is 0. The molecule has 0 saturated heterocycles. The predicted octanol–water partition coefficient (Wildman–Crippen LogP) is 0.457. The second kappa shape index (κ2) is 41.1. The van der Waals surface area contributed by atoms with Crippen molar-refractivity contribution in [2.45, 2.75) is 6.92 Å². The Labute approximate surface area is 73.7 Å². The summed E-state index contributed by atoms with van der Waals surface area (Å²) in [5.74, 6) is 0. The molecule has 0 amide bonds. The molecule has 0 rings (SSSR count). The molecule has 0 aliphatic heterocycles. The second-order valence-corrected chi connectivity index (χ2v) is 0. The predicted molar refractivity (Wildman–Crippen MR) is 16.8 cm³/mol. The third-order valence-corrected chi connectivity index (χ3v) is 0. The summed E-state index contributed by atoms with van der Waals surface area (Å²) in [5.41, 5.74) is 0. The van der Waals surface area contributed by atoms with Crippen molar-refractivity contribution in [3.05, 3.63) is 6.92 Å². The van der Waals surface area contributed by atoms with E-state index in [2.05, 4.69) is 6.92 Å². The summed E-state index contributed by atoms with van der Waals surface area (Å²) in [4.78, 5) is 0. The van der Waals surface area contributed by atoms with Crippen LogP contribution in [0.2, 0.25) is 0 Å². The molecular formula is C2H5BUW-. The van der Waals surface area contributed by atoms with Crippen LogP contribution in [0.4, 0.5) is 0 Å². The summed E-state index contributed by atoms with van der Waals surface area (Å²) in [5, 5.41) is 0. The summed E-state index contributed by atoms with van der Waals surface area (Å²) >= 11 is 0. The molecule has 0 heterocycles. The third kappa shape index (κ3) is 25.8. The molecule has 0 bridgehead atoms. The zero-order chi connectivity index (χ0) is 2.00. The fraction of sp³-hybridized carbons (Fsp3) is 0.500. The van der Waals surface area contributed by atoms with Gasteiger partial charge in [0.1, 0.15) is 0 Å². The van der Waals surface area contributed by atoms with Crippen LogP contribution in [-0.4, -0.2) is 8.41 Å². The molecule has 0 aliphatic carbocycles. The van der Waals surface area contributed by atoms with Gasteiger partial charge < -0.3 is 6.92 Å². The molecule has 0 N–H and O–H groups in total. The van der Waals surface area contributed by atoms with E-state index in [0.29, 0.717) is 0 Å². The van der Waals surface area contributed by atoms with Crippen LogP contribution in [0.15, 0.2) is 0 Å². The van der Waals surface area contributed by atoms with E-state index in [9.17, 15) is 0 Å². The molecule has 0 atom stereocenters.